The quantitative estimate of drug-likeness (QED) is 0.645. The number of halogens is 3. The lowest BCUT2D eigenvalue weighted by molar-refractivity contribution is -0.137. The molecular weight excluding hydrogens is 397 g/mol. The van der Waals surface area contributed by atoms with Crippen LogP contribution in [0.15, 0.2) is 53.6 Å². The van der Waals surface area contributed by atoms with Crippen molar-refractivity contribution in [1.29, 1.82) is 0 Å². The highest BCUT2D eigenvalue weighted by atomic mass is 19.4. The van der Waals surface area contributed by atoms with E-state index in [0.717, 1.165) is 17.7 Å². The number of carbonyl (C=O) groups is 1. The van der Waals surface area contributed by atoms with Crippen molar-refractivity contribution in [2.45, 2.75) is 32.5 Å². The molecule has 0 spiro atoms. The van der Waals surface area contributed by atoms with Gasteiger partial charge in [-0.25, -0.2) is 4.98 Å². The molecule has 0 saturated carbocycles. The van der Waals surface area contributed by atoms with E-state index in [1.54, 1.807) is 31.5 Å². The minimum atomic E-state index is -4.40. The molecule has 0 aliphatic rings. The number of H-pyrrole nitrogens is 1. The molecule has 0 unspecified atom stereocenters. The number of nitrogens with one attached hydrogen (secondary N) is 2. The van der Waals surface area contributed by atoms with E-state index in [4.69, 9.17) is 0 Å². The molecule has 3 aromatic rings. The molecule has 0 saturated heterocycles. The predicted octanol–water partition coefficient (Wildman–Crippen LogP) is 3.41. The van der Waals surface area contributed by atoms with Gasteiger partial charge in [0.15, 0.2) is 0 Å². The van der Waals surface area contributed by atoms with Crippen LogP contribution in [0.4, 0.5) is 13.2 Å². The fourth-order valence-electron chi connectivity index (χ4n) is 2.89. The Morgan fingerprint density at radius 3 is 2.37 bits per heavy atom. The number of alkyl halides is 3. The summed E-state index contributed by atoms with van der Waals surface area (Å²) in [5.41, 5.74) is 1.17. The fraction of sp³-hybridized carbons (Fsp3) is 0.238. The average molecular weight is 416 g/mol. The van der Waals surface area contributed by atoms with E-state index in [9.17, 15) is 22.8 Å². The molecule has 2 N–H and O–H groups in total. The Kier molecular flexibility index (Phi) is 6.29. The van der Waals surface area contributed by atoms with Crippen LogP contribution >= 0.6 is 0 Å². The van der Waals surface area contributed by atoms with Gasteiger partial charge in [0.25, 0.3) is 5.56 Å². The van der Waals surface area contributed by atoms with Gasteiger partial charge in [-0.1, -0.05) is 12.1 Å². The summed E-state index contributed by atoms with van der Waals surface area (Å²) in [5, 5.41) is 2.64. The number of benzene rings is 1. The monoisotopic (exact) mass is 416 g/mol. The van der Waals surface area contributed by atoms with E-state index in [2.05, 4.69) is 20.3 Å². The van der Waals surface area contributed by atoms with E-state index in [0.29, 0.717) is 22.6 Å². The van der Waals surface area contributed by atoms with Gasteiger partial charge in [-0.05, 0) is 43.2 Å². The maximum absolute atomic E-state index is 12.6. The first-order valence-corrected chi connectivity index (χ1v) is 9.17. The van der Waals surface area contributed by atoms with E-state index in [1.165, 1.54) is 12.1 Å². The summed E-state index contributed by atoms with van der Waals surface area (Å²) >= 11 is 0. The van der Waals surface area contributed by atoms with Gasteiger partial charge in [-0.2, -0.15) is 13.2 Å². The number of aromatic amines is 1. The van der Waals surface area contributed by atoms with E-state index in [1.807, 2.05) is 0 Å². The van der Waals surface area contributed by atoms with Crippen molar-refractivity contribution in [2.24, 2.45) is 0 Å². The fourth-order valence-corrected chi connectivity index (χ4v) is 2.89. The molecule has 1 amide bonds. The van der Waals surface area contributed by atoms with Crippen LogP contribution in [0.5, 0.6) is 0 Å². The highest BCUT2D eigenvalue weighted by molar-refractivity contribution is 5.76. The largest absolute Gasteiger partial charge is 0.416 e. The van der Waals surface area contributed by atoms with Gasteiger partial charge in [-0.3, -0.25) is 14.6 Å². The van der Waals surface area contributed by atoms with Crippen LogP contribution in [0.2, 0.25) is 0 Å². The lowest BCUT2D eigenvalue weighted by Crippen LogP contribution is -2.25. The summed E-state index contributed by atoms with van der Waals surface area (Å²) < 4.78 is 37.7. The number of carbonyl (C=O) groups excluding carboxylic acids is 1. The maximum atomic E-state index is 12.6. The van der Waals surface area contributed by atoms with Crippen LogP contribution in [0.3, 0.4) is 0 Å². The number of hydrogen-bond donors (Lipinski definition) is 2. The Balaban J connectivity index is 1.58. The summed E-state index contributed by atoms with van der Waals surface area (Å²) in [6.07, 6.45) is -0.947. The van der Waals surface area contributed by atoms with Gasteiger partial charge < -0.3 is 10.3 Å². The van der Waals surface area contributed by atoms with Crippen molar-refractivity contribution in [2.75, 3.05) is 0 Å². The highest BCUT2D eigenvalue weighted by Gasteiger charge is 2.29. The second kappa shape index (κ2) is 8.89. The molecule has 30 heavy (non-hydrogen) atoms. The van der Waals surface area contributed by atoms with Gasteiger partial charge in [0.1, 0.15) is 5.82 Å². The molecule has 2 aromatic heterocycles. The molecule has 9 heteroatoms. The van der Waals surface area contributed by atoms with E-state index >= 15 is 0 Å². The normalized spacial score (nSPS) is 11.3. The van der Waals surface area contributed by atoms with Crippen LogP contribution in [-0.4, -0.2) is 20.9 Å². The van der Waals surface area contributed by atoms with Crippen molar-refractivity contribution < 1.29 is 18.0 Å². The number of amides is 1. The minimum absolute atomic E-state index is 0.0564. The van der Waals surface area contributed by atoms with Crippen molar-refractivity contribution >= 4 is 5.91 Å². The van der Waals surface area contributed by atoms with Gasteiger partial charge in [0, 0.05) is 42.2 Å². The molecule has 6 nitrogen and oxygen atoms in total. The number of hydrogen-bond acceptors (Lipinski definition) is 4. The molecule has 0 atom stereocenters. The first-order chi connectivity index (χ1) is 14.2. The summed E-state index contributed by atoms with van der Waals surface area (Å²) in [4.78, 5) is 35.5. The topological polar surface area (TPSA) is 87.7 Å². The van der Waals surface area contributed by atoms with Crippen LogP contribution < -0.4 is 10.9 Å². The Labute approximate surface area is 170 Å². The third-order valence-electron chi connectivity index (χ3n) is 4.55. The van der Waals surface area contributed by atoms with Crippen molar-refractivity contribution in [1.82, 2.24) is 20.3 Å². The van der Waals surface area contributed by atoms with Crippen LogP contribution in [0.25, 0.3) is 11.4 Å². The van der Waals surface area contributed by atoms with Crippen LogP contribution in [0.1, 0.15) is 28.8 Å². The molecule has 0 fully saturated rings. The van der Waals surface area contributed by atoms with Crippen LogP contribution in [0, 0.1) is 6.92 Å². The third-order valence-corrected chi connectivity index (χ3v) is 4.55. The Morgan fingerprint density at radius 1 is 1.10 bits per heavy atom. The number of nitrogens with zero attached hydrogens (tertiary/aromatic N) is 2. The van der Waals surface area contributed by atoms with Gasteiger partial charge in [-0.15, -0.1) is 0 Å². The molecule has 0 bridgehead atoms. The first kappa shape index (κ1) is 21.2. The highest BCUT2D eigenvalue weighted by Crippen LogP contribution is 2.29. The minimum Gasteiger partial charge on any atom is -0.352 e. The molecular formula is C21H19F3N4O2. The molecule has 3 rings (SSSR count). The first-order valence-electron chi connectivity index (χ1n) is 9.17. The zero-order valence-corrected chi connectivity index (χ0v) is 16.1. The summed E-state index contributed by atoms with van der Waals surface area (Å²) in [6.45, 7) is 1.81. The average Bonchev–Trinajstić information content (AvgIpc) is 2.72. The number of aromatic nitrogens is 3. The summed E-state index contributed by atoms with van der Waals surface area (Å²) in [7, 11) is 0. The molecule has 156 valence electrons. The predicted molar refractivity (Wildman–Crippen MR) is 104 cm³/mol. The molecule has 0 radical (unpaired) electrons. The standard InChI is InChI=1S/C21H19F3N4O2/c1-13-17(20(30)28-19(27-13)15-8-10-25-11-9-15)6-7-18(29)26-12-14-2-4-16(5-3-14)21(22,23)24/h2-5,8-11H,6-7,12H2,1H3,(H,26,29)(H,27,28,30). The molecule has 0 aliphatic heterocycles. The van der Waals surface area contributed by atoms with Gasteiger partial charge in [0.2, 0.25) is 5.91 Å². The Morgan fingerprint density at radius 2 is 1.77 bits per heavy atom. The number of aryl methyl sites for hydroxylation is 1. The second-order valence-corrected chi connectivity index (χ2v) is 6.69. The Bertz CT molecular complexity index is 1080. The number of rotatable bonds is 6. The summed E-state index contributed by atoms with van der Waals surface area (Å²) in [5.74, 6) is 0.113. The molecule has 0 aliphatic carbocycles. The lowest BCUT2D eigenvalue weighted by atomic mass is 10.1. The maximum Gasteiger partial charge on any atom is 0.416 e. The smallest absolute Gasteiger partial charge is 0.352 e. The molecule has 2 heterocycles. The van der Waals surface area contributed by atoms with E-state index < -0.39 is 11.7 Å². The van der Waals surface area contributed by atoms with Crippen molar-refractivity contribution in [3.05, 3.63) is 81.5 Å². The summed E-state index contributed by atoms with van der Waals surface area (Å²) in [6, 6.07) is 8.04. The zero-order chi connectivity index (χ0) is 21.7. The lowest BCUT2D eigenvalue weighted by Gasteiger charge is -2.09. The van der Waals surface area contributed by atoms with Gasteiger partial charge >= 0.3 is 6.18 Å². The van der Waals surface area contributed by atoms with Gasteiger partial charge in [0.05, 0.1) is 5.56 Å². The van der Waals surface area contributed by atoms with Crippen molar-refractivity contribution in [3.63, 3.8) is 0 Å². The Hall–Kier alpha value is -3.49. The second-order valence-electron chi connectivity index (χ2n) is 6.69. The third kappa shape index (κ3) is 5.31. The van der Waals surface area contributed by atoms with Crippen molar-refractivity contribution in [3.8, 4) is 11.4 Å². The SMILES string of the molecule is Cc1nc(-c2ccncc2)[nH]c(=O)c1CCC(=O)NCc1ccc(C(F)(F)F)cc1. The van der Waals surface area contributed by atoms with Crippen LogP contribution in [-0.2, 0) is 23.9 Å². The van der Waals surface area contributed by atoms with E-state index in [-0.39, 0.29) is 30.9 Å². The zero-order valence-electron chi connectivity index (χ0n) is 16.1. The number of pyridine rings is 1. The molecule has 1 aromatic carbocycles.